The second kappa shape index (κ2) is 5.68. The molecule has 2 rings (SSSR count). The van der Waals surface area contributed by atoms with E-state index in [9.17, 15) is 0 Å². The molecular weight excluding hydrogens is 216 g/mol. The van der Waals surface area contributed by atoms with Crippen LogP contribution in [-0.2, 0) is 6.42 Å². The Hall–Kier alpha value is -1.82. The van der Waals surface area contributed by atoms with Crippen LogP contribution in [0.4, 0.5) is 0 Å². The van der Waals surface area contributed by atoms with Gasteiger partial charge in [0.25, 0.3) is 0 Å². The third kappa shape index (κ3) is 3.10. The summed E-state index contributed by atoms with van der Waals surface area (Å²) in [5.74, 6) is 0. The summed E-state index contributed by atoms with van der Waals surface area (Å²) in [4.78, 5) is 0. The average molecular weight is 236 g/mol. The summed E-state index contributed by atoms with van der Waals surface area (Å²) < 4.78 is 0. The fourth-order valence-corrected chi connectivity index (χ4v) is 2.07. The van der Waals surface area contributed by atoms with Gasteiger partial charge in [0.1, 0.15) is 0 Å². The van der Waals surface area contributed by atoms with Gasteiger partial charge in [-0.25, -0.2) is 0 Å². The molecule has 0 saturated heterocycles. The van der Waals surface area contributed by atoms with Crippen molar-refractivity contribution in [3.8, 4) is 0 Å². The lowest BCUT2D eigenvalue weighted by molar-refractivity contribution is 1.01. The van der Waals surface area contributed by atoms with E-state index in [-0.39, 0.29) is 0 Å². The second-order valence-corrected chi connectivity index (χ2v) is 4.89. The summed E-state index contributed by atoms with van der Waals surface area (Å²) in [7, 11) is 0. The van der Waals surface area contributed by atoms with E-state index in [1.54, 1.807) is 0 Å². The highest BCUT2D eigenvalue weighted by molar-refractivity contribution is 5.63. The molecule has 0 aliphatic rings. The zero-order valence-electron chi connectivity index (χ0n) is 11.2. The molecule has 0 saturated carbocycles. The van der Waals surface area contributed by atoms with Crippen molar-refractivity contribution < 1.29 is 0 Å². The number of hydrogen-bond acceptors (Lipinski definition) is 0. The minimum absolute atomic E-state index is 1.02. The molecule has 0 amide bonds. The second-order valence-electron chi connectivity index (χ2n) is 4.89. The van der Waals surface area contributed by atoms with E-state index in [1.807, 2.05) is 6.07 Å². The van der Waals surface area contributed by atoms with Crippen LogP contribution in [0.2, 0.25) is 0 Å². The van der Waals surface area contributed by atoms with Gasteiger partial charge in [-0.05, 0) is 54.5 Å². The van der Waals surface area contributed by atoms with Crippen molar-refractivity contribution in [1.82, 2.24) is 0 Å². The highest BCUT2D eigenvalue weighted by Crippen LogP contribution is 2.19. The normalized spacial score (nSPS) is 10.3. The number of rotatable bonds is 4. The molecule has 0 aliphatic heterocycles. The van der Waals surface area contributed by atoms with Gasteiger partial charge in [-0.2, -0.15) is 0 Å². The van der Waals surface area contributed by atoms with E-state index < -0.39 is 0 Å². The maximum absolute atomic E-state index is 4.18. The topological polar surface area (TPSA) is 0 Å². The number of aryl methyl sites for hydroxylation is 3. The van der Waals surface area contributed by atoms with Crippen LogP contribution in [0.25, 0.3) is 5.57 Å². The Bertz CT molecular complexity index is 535. The first-order valence-corrected chi connectivity index (χ1v) is 6.46. The summed E-state index contributed by atoms with van der Waals surface area (Å²) in [6.07, 6.45) is 2.08. The van der Waals surface area contributed by atoms with Gasteiger partial charge in [0, 0.05) is 0 Å². The number of allylic oxidation sites excluding steroid dienone is 1. The van der Waals surface area contributed by atoms with Gasteiger partial charge in [-0.1, -0.05) is 55.1 Å². The summed E-state index contributed by atoms with van der Waals surface area (Å²) in [5.41, 5.74) is 6.60. The fraction of sp³-hybridized carbons (Fsp3) is 0.222. The molecule has 0 atom stereocenters. The molecule has 0 heterocycles. The Morgan fingerprint density at radius 3 is 2.33 bits per heavy atom. The van der Waals surface area contributed by atoms with Crippen molar-refractivity contribution in [1.29, 1.82) is 0 Å². The van der Waals surface area contributed by atoms with Crippen LogP contribution in [-0.4, -0.2) is 0 Å². The number of benzene rings is 2. The predicted molar refractivity (Wildman–Crippen MR) is 79.7 cm³/mol. The van der Waals surface area contributed by atoms with Gasteiger partial charge >= 0.3 is 0 Å². The molecule has 2 aromatic carbocycles. The molecule has 0 aliphatic carbocycles. The van der Waals surface area contributed by atoms with Gasteiger partial charge in [0.2, 0.25) is 0 Å². The van der Waals surface area contributed by atoms with Crippen LogP contribution in [0.15, 0.2) is 55.1 Å². The highest BCUT2D eigenvalue weighted by atomic mass is 14.1. The molecule has 0 aromatic heterocycles. The zero-order chi connectivity index (χ0) is 13.0. The van der Waals surface area contributed by atoms with Crippen LogP contribution < -0.4 is 0 Å². The van der Waals surface area contributed by atoms with Crippen molar-refractivity contribution in [2.45, 2.75) is 26.7 Å². The molecule has 0 unspecified atom stereocenters. The van der Waals surface area contributed by atoms with Gasteiger partial charge in [-0.15, -0.1) is 0 Å². The quantitative estimate of drug-likeness (QED) is 0.704. The molecule has 0 nitrogen and oxygen atoms in total. The van der Waals surface area contributed by atoms with Crippen molar-refractivity contribution in [2.75, 3.05) is 0 Å². The van der Waals surface area contributed by atoms with Crippen LogP contribution in [0.1, 0.15) is 28.7 Å². The van der Waals surface area contributed by atoms with E-state index in [0.717, 1.165) is 12.8 Å². The molecular formula is C18H20. The number of hydrogen-bond donors (Lipinski definition) is 0. The first-order chi connectivity index (χ1) is 8.66. The lowest BCUT2D eigenvalue weighted by Crippen LogP contribution is -1.90. The molecule has 0 bridgehead atoms. The lowest BCUT2D eigenvalue weighted by atomic mass is 9.98. The lowest BCUT2D eigenvalue weighted by Gasteiger charge is -2.08. The van der Waals surface area contributed by atoms with Crippen LogP contribution in [0, 0.1) is 13.8 Å². The van der Waals surface area contributed by atoms with Crippen LogP contribution in [0.5, 0.6) is 0 Å². The molecule has 2 aromatic rings. The minimum atomic E-state index is 1.02. The maximum Gasteiger partial charge on any atom is -0.0230 e. The molecule has 0 radical (unpaired) electrons. The maximum atomic E-state index is 4.18. The van der Waals surface area contributed by atoms with Gasteiger partial charge in [0.15, 0.2) is 0 Å². The predicted octanol–water partition coefficient (Wildman–Crippen LogP) is 4.95. The Balaban J connectivity index is 1.99. The largest absolute Gasteiger partial charge is 0.0952 e. The Kier molecular flexibility index (Phi) is 3.99. The van der Waals surface area contributed by atoms with Gasteiger partial charge in [0.05, 0.1) is 0 Å². The monoisotopic (exact) mass is 236 g/mol. The van der Waals surface area contributed by atoms with Gasteiger partial charge < -0.3 is 0 Å². The average Bonchev–Trinajstić information content (AvgIpc) is 2.41. The van der Waals surface area contributed by atoms with Crippen LogP contribution >= 0.6 is 0 Å². The van der Waals surface area contributed by atoms with Crippen molar-refractivity contribution in [3.63, 3.8) is 0 Å². The molecule has 92 valence electrons. The van der Waals surface area contributed by atoms with E-state index in [2.05, 4.69) is 62.9 Å². The van der Waals surface area contributed by atoms with E-state index in [4.69, 9.17) is 0 Å². The molecule has 0 spiro atoms. The fourth-order valence-electron chi connectivity index (χ4n) is 2.07. The Labute approximate surface area is 110 Å². The summed E-state index contributed by atoms with van der Waals surface area (Å²) in [6.45, 7) is 8.51. The third-order valence-corrected chi connectivity index (χ3v) is 3.47. The SMILES string of the molecule is C=C(CCc1ccc(C)c(C)c1)c1ccccc1. The summed E-state index contributed by atoms with van der Waals surface area (Å²) in [6, 6.07) is 17.1. The van der Waals surface area contributed by atoms with Gasteiger partial charge in [-0.3, -0.25) is 0 Å². The summed E-state index contributed by atoms with van der Waals surface area (Å²) >= 11 is 0. The Morgan fingerprint density at radius 2 is 1.67 bits per heavy atom. The molecule has 0 N–H and O–H groups in total. The summed E-state index contributed by atoms with van der Waals surface area (Å²) in [5, 5.41) is 0. The van der Waals surface area contributed by atoms with E-state index in [1.165, 1.54) is 27.8 Å². The van der Waals surface area contributed by atoms with Crippen molar-refractivity contribution in [3.05, 3.63) is 77.4 Å². The van der Waals surface area contributed by atoms with E-state index in [0.29, 0.717) is 0 Å². The molecule has 0 heteroatoms. The highest BCUT2D eigenvalue weighted by Gasteiger charge is 2.01. The first-order valence-electron chi connectivity index (χ1n) is 6.46. The zero-order valence-corrected chi connectivity index (χ0v) is 11.2. The standard InChI is InChI=1S/C18H20/c1-14-9-11-17(13-16(14)3)12-10-15(2)18-7-5-4-6-8-18/h4-9,11,13H,2,10,12H2,1,3H3. The molecule has 18 heavy (non-hydrogen) atoms. The van der Waals surface area contributed by atoms with Crippen molar-refractivity contribution >= 4 is 5.57 Å². The van der Waals surface area contributed by atoms with E-state index >= 15 is 0 Å². The molecule has 0 fully saturated rings. The first kappa shape index (κ1) is 12.6. The third-order valence-electron chi connectivity index (χ3n) is 3.47. The van der Waals surface area contributed by atoms with Crippen molar-refractivity contribution in [2.24, 2.45) is 0 Å². The smallest absolute Gasteiger partial charge is 0.0230 e. The Morgan fingerprint density at radius 1 is 0.944 bits per heavy atom. The van der Waals surface area contributed by atoms with Crippen LogP contribution in [0.3, 0.4) is 0 Å². The minimum Gasteiger partial charge on any atom is -0.0952 e.